The SMILES string of the molecule is Cc1ccccc1-c1noc(CN2CCCC(C(=O)Nc3ccc(F)cc3)C2)n1. The summed E-state index contributed by atoms with van der Waals surface area (Å²) in [4.78, 5) is 19.3. The molecule has 3 aromatic rings. The van der Waals surface area contributed by atoms with Crippen LogP contribution < -0.4 is 5.32 Å². The third kappa shape index (κ3) is 4.68. The van der Waals surface area contributed by atoms with Gasteiger partial charge in [-0.25, -0.2) is 4.39 Å². The van der Waals surface area contributed by atoms with Crippen molar-refractivity contribution < 1.29 is 13.7 Å². The first-order valence-electron chi connectivity index (χ1n) is 9.76. The number of rotatable bonds is 5. The number of nitrogens with zero attached hydrogens (tertiary/aromatic N) is 3. The van der Waals surface area contributed by atoms with Crippen LogP contribution in [0.3, 0.4) is 0 Å². The number of hydrogen-bond acceptors (Lipinski definition) is 5. The van der Waals surface area contributed by atoms with Crippen LogP contribution in [0, 0.1) is 18.7 Å². The molecule has 1 aliphatic heterocycles. The highest BCUT2D eigenvalue weighted by Gasteiger charge is 2.27. The minimum Gasteiger partial charge on any atom is -0.338 e. The maximum atomic E-state index is 13.0. The Kier molecular flexibility index (Phi) is 5.67. The van der Waals surface area contributed by atoms with Crippen molar-refractivity contribution in [3.8, 4) is 11.4 Å². The second-order valence-corrected chi connectivity index (χ2v) is 7.40. The largest absolute Gasteiger partial charge is 0.338 e. The molecule has 6 nitrogen and oxygen atoms in total. The first-order chi connectivity index (χ1) is 14.1. The van der Waals surface area contributed by atoms with E-state index < -0.39 is 0 Å². The molecule has 150 valence electrons. The van der Waals surface area contributed by atoms with Crippen molar-refractivity contribution in [1.82, 2.24) is 15.0 Å². The molecular weight excluding hydrogens is 371 g/mol. The van der Waals surface area contributed by atoms with Crippen molar-refractivity contribution in [3.05, 3.63) is 65.8 Å². The summed E-state index contributed by atoms with van der Waals surface area (Å²) in [5.74, 6) is 0.625. The van der Waals surface area contributed by atoms with Crippen LogP contribution in [0.4, 0.5) is 10.1 Å². The van der Waals surface area contributed by atoms with Crippen LogP contribution >= 0.6 is 0 Å². The Morgan fingerprint density at radius 2 is 2.03 bits per heavy atom. The number of likely N-dealkylation sites (tertiary alicyclic amines) is 1. The number of benzene rings is 2. The average molecular weight is 394 g/mol. The fourth-order valence-electron chi connectivity index (χ4n) is 3.63. The van der Waals surface area contributed by atoms with Gasteiger partial charge in [0.1, 0.15) is 5.82 Å². The summed E-state index contributed by atoms with van der Waals surface area (Å²) in [7, 11) is 0. The van der Waals surface area contributed by atoms with Crippen LogP contribution in [0.15, 0.2) is 53.1 Å². The van der Waals surface area contributed by atoms with Crippen LogP contribution in [0.5, 0.6) is 0 Å². The topological polar surface area (TPSA) is 71.3 Å². The van der Waals surface area contributed by atoms with Gasteiger partial charge in [-0.3, -0.25) is 9.69 Å². The average Bonchev–Trinajstić information content (AvgIpc) is 3.18. The molecular formula is C22H23FN4O2. The normalized spacial score (nSPS) is 17.2. The van der Waals surface area contributed by atoms with Gasteiger partial charge >= 0.3 is 0 Å². The summed E-state index contributed by atoms with van der Waals surface area (Å²) >= 11 is 0. The lowest BCUT2D eigenvalue weighted by Crippen LogP contribution is -2.40. The predicted molar refractivity (Wildman–Crippen MR) is 108 cm³/mol. The van der Waals surface area contributed by atoms with E-state index in [0.717, 1.165) is 30.5 Å². The van der Waals surface area contributed by atoms with Gasteiger partial charge < -0.3 is 9.84 Å². The second kappa shape index (κ2) is 8.53. The Hall–Kier alpha value is -3.06. The zero-order valence-electron chi connectivity index (χ0n) is 16.3. The van der Waals surface area contributed by atoms with E-state index in [4.69, 9.17) is 4.52 Å². The van der Waals surface area contributed by atoms with Gasteiger partial charge in [0.05, 0.1) is 12.5 Å². The summed E-state index contributed by atoms with van der Waals surface area (Å²) in [6.07, 6.45) is 1.74. The number of halogens is 1. The number of amides is 1. The van der Waals surface area contributed by atoms with Crippen molar-refractivity contribution in [2.24, 2.45) is 5.92 Å². The van der Waals surface area contributed by atoms with Crippen molar-refractivity contribution in [1.29, 1.82) is 0 Å². The quantitative estimate of drug-likeness (QED) is 0.707. The van der Waals surface area contributed by atoms with E-state index in [0.29, 0.717) is 30.5 Å². The molecule has 1 aromatic heterocycles. The van der Waals surface area contributed by atoms with Gasteiger partial charge in [-0.2, -0.15) is 4.98 Å². The zero-order valence-corrected chi connectivity index (χ0v) is 16.3. The van der Waals surface area contributed by atoms with Crippen LogP contribution in [0.25, 0.3) is 11.4 Å². The van der Waals surface area contributed by atoms with E-state index >= 15 is 0 Å². The molecule has 0 radical (unpaired) electrons. The third-order valence-electron chi connectivity index (χ3n) is 5.20. The Balaban J connectivity index is 1.37. The summed E-state index contributed by atoms with van der Waals surface area (Å²) in [5.41, 5.74) is 2.65. The molecule has 2 heterocycles. The van der Waals surface area contributed by atoms with Crippen LogP contribution in [-0.2, 0) is 11.3 Å². The first-order valence-corrected chi connectivity index (χ1v) is 9.76. The Morgan fingerprint density at radius 1 is 1.24 bits per heavy atom. The maximum Gasteiger partial charge on any atom is 0.241 e. The van der Waals surface area contributed by atoms with Crippen LogP contribution in [0.2, 0.25) is 0 Å². The lowest BCUT2D eigenvalue weighted by molar-refractivity contribution is -0.121. The van der Waals surface area contributed by atoms with Crippen molar-refractivity contribution in [3.63, 3.8) is 0 Å². The van der Waals surface area contributed by atoms with E-state index in [1.165, 1.54) is 12.1 Å². The highest BCUT2D eigenvalue weighted by molar-refractivity contribution is 5.92. The molecule has 7 heteroatoms. The molecule has 0 bridgehead atoms. The lowest BCUT2D eigenvalue weighted by atomic mass is 9.97. The molecule has 2 aromatic carbocycles. The molecule has 29 heavy (non-hydrogen) atoms. The molecule has 0 spiro atoms. The number of carbonyl (C=O) groups is 1. The second-order valence-electron chi connectivity index (χ2n) is 7.40. The van der Waals surface area contributed by atoms with Gasteiger partial charge in [-0.05, 0) is 56.1 Å². The zero-order chi connectivity index (χ0) is 20.2. The number of carbonyl (C=O) groups excluding carboxylic acids is 1. The summed E-state index contributed by atoms with van der Waals surface area (Å²) in [6, 6.07) is 13.7. The van der Waals surface area contributed by atoms with Crippen molar-refractivity contribution in [2.45, 2.75) is 26.3 Å². The lowest BCUT2D eigenvalue weighted by Gasteiger charge is -2.30. The highest BCUT2D eigenvalue weighted by Crippen LogP contribution is 2.23. The summed E-state index contributed by atoms with van der Waals surface area (Å²) in [5, 5.41) is 6.98. The molecule has 1 amide bonds. The van der Waals surface area contributed by atoms with Gasteiger partial charge in [0, 0.05) is 17.8 Å². The highest BCUT2D eigenvalue weighted by atomic mass is 19.1. The summed E-state index contributed by atoms with van der Waals surface area (Å²) in [6.45, 7) is 4.02. The molecule has 1 aliphatic rings. The molecule has 1 unspecified atom stereocenters. The minimum atomic E-state index is -0.323. The predicted octanol–water partition coefficient (Wildman–Crippen LogP) is 4.03. The number of hydrogen-bond donors (Lipinski definition) is 1. The number of aromatic nitrogens is 2. The Labute approximate surface area is 168 Å². The molecule has 0 saturated carbocycles. The standard InChI is InChI=1S/C22H23FN4O2/c1-15-5-2-3-7-19(15)21-25-20(29-26-21)14-27-12-4-6-16(13-27)22(28)24-18-10-8-17(23)9-11-18/h2-3,5,7-11,16H,4,6,12-14H2,1H3,(H,24,28). The van der Waals surface area contributed by atoms with Gasteiger partial charge in [0.15, 0.2) is 0 Å². The maximum absolute atomic E-state index is 13.0. The molecule has 4 rings (SSSR count). The third-order valence-corrected chi connectivity index (χ3v) is 5.20. The number of piperidine rings is 1. The first kappa shape index (κ1) is 19.3. The van der Waals surface area contributed by atoms with Crippen molar-refractivity contribution >= 4 is 11.6 Å². The molecule has 1 saturated heterocycles. The smallest absolute Gasteiger partial charge is 0.241 e. The number of anilines is 1. The number of nitrogens with one attached hydrogen (secondary N) is 1. The Morgan fingerprint density at radius 3 is 2.83 bits per heavy atom. The fraction of sp³-hybridized carbons (Fsp3) is 0.318. The van der Waals surface area contributed by atoms with Gasteiger partial charge in [-0.1, -0.05) is 29.4 Å². The van der Waals surface area contributed by atoms with Gasteiger partial charge in [0.2, 0.25) is 17.6 Å². The van der Waals surface area contributed by atoms with E-state index in [-0.39, 0.29) is 17.6 Å². The van der Waals surface area contributed by atoms with Gasteiger partial charge in [-0.15, -0.1) is 0 Å². The summed E-state index contributed by atoms with van der Waals surface area (Å²) < 4.78 is 18.5. The van der Waals surface area contributed by atoms with Gasteiger partial charge in [0.25, 0.3) is 0 Å². The minimum absolute atomic E-state index is 0.0487. The fourth-order valence-corrected chi connectivity index (χ4v) is 3.63. The molecule has 0 aliphatic carbocycles. The van der Waals surface area contributed by atoms with Crippen LogP contribution in [-0.4, -0.2) is 34.0 Å². The van der Waals surface area contributed by atoms with Crippen LogP contribution in [0.1, 0.15) is 24.3 Å². The molecule has 1 atom stereocenters. The van der Waals surface area contributed by atoms with E-state index in [1.807, 2.05) is 31.2 Å². The van der Waals surface area contributed by atoms with E-state index in [1.54, 1.807) is 12.1 Å². The van der Waals surface area contributed by atoms with Crippen molar-refractivity contribution in [2.75, 3.05) is 18.4 Å². The van der Waals surface area contributed by atoms with E-state index in [9.17, 15) is 9.18 Å². The number of aryl methyl sites for hydroxylation is 1. The Bertz CT molecular complexity index is 986. The monoisotopic (exact) mass is 394 g/mol. The molecule has 1 fully saturated rings. The van der Waals surface area contributed by atoms with E-state index in [2.05, 4.69) is 20.4 Å². The molecule has 1 N–H and O–H groups in total.